The molecule has 1 aliphatic carbocycles. The molecular weight excluding hydrogens is 226 g/mol. The smallest absolute Gasteiger partial charge is 0.224 e. The Labute approximate surface area is 108 Å². The van der Waals surface area contributed by atoms with Crippen LogP contribution in [0.3, 0.4) is 0 Å². The molecule has 0 unspecified atom stereocenters. The Bertz CT molecular complexity index is 450. The van der Waals surface area contributed by atoms with Crippen LogP contribution >= 0.6 is 0 Å². The summed E-state index contributed by atoms with van der Waals surface area (Å²) in [6, 6.07) is 6.14. The van der Waals surface area contributed by atoms with Crippen LogP contribution in [0.1, 0.15) is 30.4 Å². The summed E-state index contributed by atoms with van der Waals surface area (Å²) in [7, 11) is 1.62. The molecule has 0 bridgehead atoms. The van der Waals surface area contributed by atoms with Gasteiger partial charge in [0.2, 0.25) is 5.91 Å². The van der Waals surface area contributed by atoms with Gasteiger partial charge in [0.25, 0.3) is 0 Å². The molecule has 18 heavy (non-hydrogen) atoms. The van der Waals surface area contributed by atoms with Gasteiger partial charge in [0.15, 0.2) is 0 Å². The molecule has 0 aromatic heterocycles. The molecule has 3 nitrogen and oxygen atoms in total. The fourth-order valence-electron chi connectivity index (χ4n) is 2.07. The van der Waals surface area contributed by atoms with Crippen molar-refractivity contribution in [2.75, 3.05) is 7.11 Å². The maximum absolute atomic E-state index is 11.9. The number of hydrogen-bond acceptors (Lipinski definition) is 2. The molecule has 1 aromatic rings. The van der Waals surface area contributed by atoms with Crippen LogP contribution < -0.4 is 10.1 Å². The highest BCUT2D eigenvalue weighted by Gasteiger charge is 2.20. The molecule has 3 heteroatoms. The predicted molar refractivity (Wildman–Crippen MR) is 72.6 cm³/mol. The van der Waals surface area contributed by atoms with E-state index >= 15 is 0 Å². The Morgan fingerprint density at radius 3 is 2.89 bits per heavy atom. The van der Waals surface area contributed by atoms with E-state index in [0.29, 0.717) is 12.5 Å². The maximum Gasteiger partial charge on any atom is 0.224 e. The summed E-state index contributed by atoms with van der Waals surface area (Å²) < 4.78 is 5.28. The van der Waals surface area contributed by atoms with Crippen molar-refractivity contribution in [2.45, 2.75) is 31.7 Å². The normalized spacial score (nSPS) is 14.7. The molecule has 0 aliphatic heterocycles. The summed E-state index contributed by atoms with van der Waals surface area (Å²) in [5.41, 5.74) is 1.91. The standard InChI is InChI=1S/C15H19NO2/c1-3-11-7-8-14(18-2)12(9-11)10-15(17)16-13-5-4-6-13/h3,7-9,13H,1,4-6,10H2,2H3,(H,16,17). The molecule has 0 atom stereocenters. The van der Waals surface area contributed by atoms with Gasteiger partial charge in [0.05, 0.1) is 13.5 Å². The Balaban J connectivity index is 2.05. The lowest BCUT2D eigenvalue weighted by atomic mass is 9.93. The van der Waals surface area contributed by atoms with Gasteiger partial charge in [-0.1, -0.05) is 18.7 Å². The van der Waals surface area contributed by atoms with Crippen molar-refractivity contribution in [2.24, 2.45) is 0 Å². The van der Waals surface area contributed by atoms with Crippen molar-refractivity contribution in [3.05, 3.63) is 35.9 Å². The number of carbonyl (C=O) groups excluding carboxylic acids is 1. The van der Waals surface area contributed by atoms with E-state index in [9.17, 15) is 4.79 Å². The fourth-order valence-corrected chi connectivity index (χ4v) is 2.07. The highest BCUT2D eigenvalue weighted by molar-refractivity contribution is 5.80. The second-order valence-corrected chi connectivity index (χ2v) is 4.65. The van der Waals surface area contributed by atoms with Crippen molar-refractivity contribution < 1.29 is 9.53 Å². The number of hydrogen-bond donors (Lipinski definition) is 1. The first-order chi connectivity index (χ1) is 8.72. The topological polar surface area (TPSA) is 38.3 Å². The van der Waals surface area contributed by atoms with Crippen molar-refractivity contribution in [1.29, 1.82) is 0 Å². The highest BCUT2D eigenvalue weighted by atomic mass is 16.5. The molecule has 1 N–H and O–H groups in total. The van der Waals surface area contributed by atoms with Gasteiger partial charge < -0.3 is 10.1 Å². The number of nitrogens with one attached hydrogen (secondary N) is 1. The first-order valence-corrected chi connectivity index (χ1v) is 6.31. The second kappa shape index (κ2) is 5.71. The van der Waals surface area contributed by atoms with E-state index in [1.54, 1.807) is 13.2 Å². The van der Waals surface area contributed by atoms with E-state index in [1.165, 1.54) is 6.42 Å². The Morgan fingerprint density at radius 1 is 1.56 bits per heavy atom. The van der Waals surface area contributed by atoms with E-state index in [1.807, 2.05) is 18.2 Å². The lowest BCUT2D eigenvalue weighted by molar-refractivity contribution is -0.121. The van der Waals surface area contributed by atoms with Crippen molar-refractivity contribution in [3.8, 4) is 5.75 Å². The number of carbonyl (C=O) groups is 1. The minimum Gasteiger partial charge on any atom is -0.496 e. The van der Waals surface area contributed by atoms with Crippen LogP contribution in [-0.4, -0.2) is 19.1 Å². The van der Waals surface area contributed by atoms with Crippen LogP contribution in [0.25, 0.3) is 6.08 Å². The molecule has 0 saturated heterocycles. The van der Waals surface area contributed by atoms with Crippen molar-refractivity contribution >= 4 is 12.0 Å². The first-order valence-electron chi connectivity index (χ1n) is 6.31. The van der Waals surface area contributed by atoms with Crippen LogP contribution in [0.4, 0.5) is 0 Å². The zero-order chi connectivity index (χ0) is 13.0. The average Bonchev–Trinajstić information content (AvgIpc) is 2.34. The zero-order valence-electron chi connectivity index (χ0n) is 10.7. The second-order valence-electron chi connectivity index (χ2n) is 4.65. The summed E-state index contributed by atoms with van der Waals surface area (Å²) >= 11 is 0. The van der Waals surface area contributed by atoms with Gasteiger partial charge in [-0.3, -0.25) is 4.79 Å². The molecule has 1 saturated carbocycles. The lowest BCUT2D eigenvalue weighted by Gasteiger charge is -2.26. The minimum atomic E-state index is 0.0687. The van der Waals surface area contributed by atoms with Crippen LogP contribution in [0.5, 0.6) is 5.75 Å². The molecule has 0 heterocycles. The Hall–Kier alpha value is -1.77. The number of rotatable bonds is 5. The predicted octanol–water partition coefficient (Wildman–Crippen LogP) is 2.55. The van der Waals surface area contributed by atoms with Crippen LogP contribution in [0.15, 0.2) is 24.8 Å². The van der Waals surface area contributed by atoms with Crippen molar-refractivity contribution in [1.82, 2.24) is 5.32 Å². The largest absolute Gasteiger partial charge is 0.496 e. The third-order valence-electron chi connectivity index (χ3n) is 3.36. The minimum absolute atomic E-state index is 0.0687. The summed E-state index contributed by atoms with van der Waals surface area (Å²) in [5.74, 6) is 0.823. The first kappa shape index (κ1) is 12.7. The number of amides is 1. The van der Waals surface area contributed by atoms with Crippen LogP contribution in [0, 0.1) is 0 Å². The van der Waals surface area contributed by atoms with Crippen LogP contribution in [0.2, 0.25) is 0 Å². The highest BCUT2D eigenvalue weighted by Crippen LogP contribution is 2.22. The molecule has 0 spiro atoms. The third kappa shape index (κ3) is 2.92. The van der Waals surface area contributed by atoms with Crippen LogP contribution in [-0.2, 0) is 11.2 Å². The van der Waals surface area contributed by atoms with E-state index in [2.05, 4.69) is 11.9 Å². The molecule has 2 rings (SSSR count). The van der Waals surface area contributed by atoms with E-state index < -0.39 is 0 Å². The SMILES string of the molecule is C=Cc1ccc(OC)c(CC(=O)NC2CCC2)c1. The number of ether oxygens (including phenoxy) is 1. The molecule has 96 valence electrons. The van der Waals surface area contributed by atoms with Crippen molar-refractivity contribution in [3.63, 3.8) is 0 Å². The summed E-state index contributed by atoms with van der Waals surface area (Å²) in [5, 5.41) is 3.03. The van der Waals surface area contributed by atoms with E-state index in [0.717, 1.165) is 29.7 Å². The summed E-state index contributed by atoms with van der Waals surface area (Å²) in [4.78, 5) is 11.9. The van der Waals surface area contributed by atoms with Gasteiger partial charge in [0, 0.05) is 11.6 Å². The maximum atomic E-state index is 11.9. The van der Waals surface area contributed by atoms with Gasteiger partial charge in [-0.25, -0.2) is 0 Å². The van der Waals surface area contributed by atoms with Gasteiger partial charge in [0.1, 0.15) is 5.75 Å². The van der Waals surface area contributed by atoms with E-state index in [-0.39, 0.29) is 5.91 Å². The summed E-state index contributed by atoms with van der Waals surface area (Å²) in [6.45, 7) is 3.74. The quantitative estimate of drug-likeness (QED) is 0.865. The molecular formula is C15H19NO2. The molecule has 1 amide bonds. The van der Waals surface area contributed by atoms with E-state index in [4.69, 9.17) is 4.74 Å². The van der Waals surface area contributed by atoms with Gasteiger partial charge in [-0.2, -0.15) is 0 Å². The fraction of sp³-hybridized carbons (Fsp3) is 0.400. The van der Waals surface area contributed by atoms with Gasteiger partial charge >= 0.3 is 0 Å². The lowest BCUT2D eigenvalue weighted by Crippen LogP contribution is -2.40. The van der Waals surface area contributed by atoms with Gasteiger partial charge in [-0.05, 0) is 37.0 Å². The number of methoxy groups -OCH3 is 1. The Kier molecular flexibility index (Phi) is 4.03. The molecule has 1 fully saturated rings. The molecule has 0 radical (unpaired) electrons. The third-order valence-corrected chi connectivity index (χ3v) is 3.36. The zero-order valence-corrected chi connectivity index (χ0v) is 10.7. The average molecular weight is 245 g/mol. The number of benzene rings is 1. The van der Waals surface area contributed by atoms with Gasteiger partial charge in [-0.15, -0.1) is 0 Å². The summed E-state index contributed by atoms with van der Waals surface area (Å²) in [6.07, 6.45) is 5.57. The monoisotopic (exact) mass is 245 g/mol. The molecule has 1 aliphatic rings. The molecule has 1 aromatic carbocycles. The Morgan fingerprint density at radius 2 is 2.33 bits per heavy atom.